The van der Waals surface area contributed by atoms with Crippen molar-refractivity contribution < 1.29 is 32.6 Å². The first-order chi connectivity index (χ1) is 13.3. The van der Waals surface area contributed by atoms with Crippen LogP contribution in [0.5, 0.6) is 5.75 Å². The number of aliphatic carboxylic acids is 1. The molecule has 0 unspecified atom stereocenters. The zero-order valence-corrected chi connectivity index (χ0v) is 14.4. The monoisotopic (exact) mass is 395 g/mol. The summed E-state index contributed by atoms with van der Waals surface area (Å²) in [5, 5.41) is 14.9. The van der Waals surface area contributed by atoms with Gasteiger partial charge in [-0.1, -0.05) is 18.2 Å². The van der Waals surface area contributed by atoms with Crippen LogP contribution < -0.4 is 15.5 Å². The summed E-state index contributed by atoms with van der Waals surface area (Å²) in [5.41, 5.74) is 1.97. The Morgan fingerprint density at radius 2 is 1.89 bits per heavy atom. The van der Waals surface area contributed by atoms with E-state index in [0.29, 0.717) is 5.56 Å². The van der Waals surface area contributed by atoms with E-state index in [1.807, 2.05) is 0 Å². The summed E-state index contributed by atoms with van der Waals surface area (Å²) in [5.74, 6) is -1.46. The maximum absolute atomic E-state index is 12.7. The quantitative estimate of drug-likeness (QED) is 0.471. The van der Waals surface area contributed by atoms with Gasteiger partial charge in [0.1, 0.15) is 5.75 Å². The predicted octanol–water partition coefficient (Wildman–Crippen LogP) is 2.73. The molecule has 0 radical (unpaired) electrons. The number of anilines is 1. The van der Waals surface area contributed by atoms with Crippen molar-refractivity contribution in [3.63, 3.8) is 0 Å². The number of para-hydroxylation sites is 1. The van der Waals surface area contributed by atoms with E-state index in [4.69, 9.17) is 9.84 Å². The van der Waals surface area contributed by atoms with Crippen LogP contribution >= 0.6 is 0 Å². The molecule has 2 aromatic rings. The number of alkyl halides is 3. The third-order valence-electron chi connectivity index (χ3n) is 3.31. The van der Waals surface area contributed by atoms with Gasteiger partial charge in [0, 0.05) is 11.3 Å². The molecule has 0 saturated heterocycles. The minimum Gasteiger partial charge on any atom is -0.481 e. The average molecular weight is 395 g/mol. The van der Waals surface area contributed by atoms with Gasteiger partial charge in [-0.15, -0.1) is 0 Å². The van der Waals surface area contributed by atoms with Crippen molar-refractivity contribution in [3.05, 3.63) is 59.7 Å². The molecule has 0 fully saturated rings. The van der Waals surface area contributed by atoms with Gasteiger partial charge in [0.05, 0.1) is 18.3 Å². The third-order valence-corrected chi connectivity index (χ3v) is 3.31. The summed E-state index contributed by atoms with van der Waals surface area (Å²) in [7, 11) is 0. The van der Waals surface area contributed by atoms with Crippen molar-refractivity contribution in [1.82, 2.24) is 5.43 Å². The molecule has 2 rings (SSSR count). The highest BCUT2D eigenvalue weighted by Gasteiger charge is 2.30. The molecule has 148 valence electrons. The van der Waals surface area contributed by atoms with Gasteiger partial charge in [0.2, 0.25) is 0 Å². The number of halogens is 3. The van der Waals surface area contributed by atoms with Crippen molar-refractivity contribution >= 4 is 23.8 Å². The summed E-state index contributed by atoms with van der Waals surface area (Å²) in [6.07, 6.45) is -3.21. The lowest BCUT2D eigenvalue weighted by molar-refractivity contribution is -0.139. The van der Waals surface area contributed by atoms with E-state index in [0.717, 1.165) is 12.1 Å². The number of nitrogens with zero attached hydrogens (tertiary/aromatic N) is 1. The normalized spacial score (nSPS) is 11.2. The minimum absolute atomic E-state index is 0.140. The van der Waals surface area contributed by atoms with Gasteiger partial charge in [-0.2, -0.15) is 18.3 Å². The van der Waals surface area contributed by atoms with E-state index in [1.54, 1.807) is 24.3 Å². The molecule has 1 amide bonds. The fourth-order valence-corrected chi connectivity index (χ4v) is 2.06. The van der Waals surface area contributed by atoms with Crippen LogP contribution in [0.25, 0.3) is 0 Å². The van der Waals surface area contributed by atoms with Crippen molar-refractivity contribution in [2.24, 2.45) is 5.10 Å². The van der Waals surface area contributed by atoms with Crippen LogP contribution in [-0.4, -0.2) is 36.3 Å². The largest absolute Gasteiger partial charge is 0.481 e. The molecule has 0 spiro atoms. The van der Waals surface area contributed by atoms with Gasteiger partial charge >= 0.3 is 12.1 Å². The molecule has 0 heterocycles. The Morgan fingerprint density at radius 3 is 2.61 bits per heavy atom. The number of benzene rings is 2. The SMILES string of the molecule is O=C(O)COc1ccccc1/C=N/NC(=O)CNc1cccc(C(F)(F)F)c1. The first-order valence-corrected chi connectivity index (χ1v) is 7.92. The molecule has 0 aromatic heterocycles. The zero-order valence-electron chi connectivity index (χ0n) is 14.4. The lowest BCUT2D eigenvalue weighted by Gasteiger charge is -2.10. The van der Waals surface area contributed by atoms with E-state index < -0.39 is 30.2 Å². The second-order valence-electron chi connectivity index (χ2n) is 5.45. The minimum atomic E-state index is -4.47. The molecular weight excluding hydrogens is 379 g/mol. The fraction of sp³-hybridized carbons (Fsp3) is 0.167. The Labute approximate surface area is 157 Å². The van der Waals surface area contributed by atoms with E-state index in [1.165, 1.54) is 18.3 Å². The van der Waals surface area contributed by atoms with Gasteiger partial charge in [-0.3, -0.25) is 4.79 Å². The Hall–Kier alpha value is -3.56. The molecule has 0 aliphatic rings. The Bertz CT molecular complexity index is 869. The number of amides is 1. The van der Waals surface area contributed by atoms with Crippen molar-refractivity contribution in [2.75, 3.05) is 18.5 Å². The molecule has 0 bridgehead atoms. The van der Waals surface area contributed by atoms with Crippen molar-refractivity contribution in [1.29, 1.82) is 0 Å². The Morgan fingerprint density at radius 1 is 1.14 bits per heavy atom. The van der Waals surface area contributed by atoms with Gasteiger partial charge in [0.25, 0.3) is 5.91 Å². The molecule has 7 nitrogen and oxygen atoms in total. The highest BCUT2D eigenvalue weighted by atomic mass is 19.4. The summed E-state index contributed by atoms with van der Waals surface area (Å²) >= 11 is 0. The van der Waals surface area contributed by atoms with Gasteiger partial charge in [-0.25, -0.2) is 10.2 Å². The molecule has 0 atom stereocenters. The smallest absolute Gasteiger partial charge is 0.416 e. The highest BCUT2D eigenvalue weighted by Crippen LogP contribution is 2.30. The van der Waals surface area contributed by atoms with Crippen molar-refractivity contribution in [2.45, 2.75) is 6.18 Å². The van der Waals surface area contributed by atoms with E-state index in [2.05, 4.69) is 15.8 Å². The standard InChI is InChI=1S/C18H16F3N3O4/c19-18(20,21)13-5-3-6-14(8-13)22-10-16(25)24-23-9-12-4-1-2-7-15(12)28-11-17(26)27/h1-9,22H,10-11H2,(H,24,25)(H,26,27)/b23-9+. The number of carbonyl (C=O) groups is 2. The topological polar surface area (TPSA) is 100 Å². The number of carbonyl (C=O) groups excluding carboxylic acids is 1. The molecule has 0 aliphatic carbocycles. The number of hydrogen-bond acceptors (Lipinski definition) is 5. The maximum Gasteiger partial charge on any atom is 0.416 e. The summed E-state index contributed by atoms with van der Waals surface area (Å²) in [6, 6.07) is 10.9. The first kappa shape index (κ1) is 20.7. The van der Waals surface area contributed by atoms with Crippen LogP contribution in [0.3, 0.4) is 0 Å². The van der Waals surface area contributed by atoms with Gasteiger partial charge in [-0.05, 0) is 30.3 Å². The number of hydrogen-bond donors (Lipinski definition) is 3. The van der Waals surface area contributed by atoms with Gasteiger partial charge < -0.3 is 15.2 Å². The number of ether oxygens (including phenoxy) is 1. The summed E-state index contributed by atoms with van der Waals surface area (Å²) in [6.45, 7) is -0.825. The average Bonchev–Trinajstić information content (AvgIpc) is 2.65. The predicted molar refractivity (Wildman–Crippen MR) is 95.2 cm³/mol. The summed E-state index contributed by atoms with van der Waals surface area (Å²) < 4.78 is 43.1. The number of carboxylic acids is 1. The lowest BCUT2D eigenvalue weighted by atomic mass is 10.2. The molecule has 28 heavy (non-hydrogen) atoms. The summed E-state index contributed by atoms with van der Waals surface area (Å²) in [4.78, 5) is 22.3. The second-order valence-corrected chi connectivity index (χ2v) is 5.45. The Balaban J connectivity index is 1.89. The van der Waals surface area contributed by atoms with Crippen LogP contribution in [0.2, 0.25) is 0 Å². The number of rotatable bonds is 8. The number of carboxylic acid groups (broad SMARTS) is 1. The van der Waals surface area contributed by atoms with Crippen LogP contribution in [0.4, 0.5) is 18.9 Å². The van der Waals surface area contributed by atoms with Crippen LogP contribution in [-0.2, 0) is 15.8 Å². The third kappa shape index (κ3) is 6.63. The second kappa shape index (κ2) is 9.40. The van der Waals surface area contributed by atoms with Gasteiger partial charge in [0.15, 0.2) is 6.61 Å². The van der Waals surface area contributed by atoms with E-state index >= 15 is 0 Å². The van der Waals surface area contributed by atoms with E-state index in [9.17, 15) is 22.8 Å². The molecule has 0 saturated carbocycles. The van der Waals surface area contributed by atoms with Crippen LogP contribution in [0.15, 0.2) is 53.6 Å². The first-order valence-electron chi connectivity index (χ1n) is 7.92. The molecule has 3 N–H and O–H groups in total. The fourth-order valence-electron chi connectivity index (χ4n) is 2.06. The van der Waals surface area contributed by atoms with E-state index in [-0.39, 0.29) is 18.0 Å². The molecule has 10 heteroatoms. The van der Waals surface area contributed by atoms with Crippen molar-refractivity contribution in [3.8, 4) is 5.75 Å². The Kier molecular flexibility index (Phi) is 6.96. The maximum atomic E-state index is 12.7. The molecule has 2 aromatic carbocycles. The lowest BCUT2D eigenvalue weighted by Crippen LogP contribution is -2.26. The highest BCUT2D eigenvalue weighted by molar-refractivity contribution is 5.86. The zero-order chi connectivity index (χ0) is 20.6. The molecular formula is C18H16F3N3O4. The number of nitrogens with one attached hydrogen (secondary N) is 2. The van der Waals surface area contributed by atoms with Crippen LogP contribution in [0.1, 0.15) is 11.1 Å². The molecule has 0 aliphatic heterocycles. The number of hydrazone groups is 1. The van der Waals surface area contributed by atoms with Crippen LogP contribution in [0, 0.1) is 0 Å².